The van der Waals surface area contributed by atoms with Crippen LogP contribution in [-0.2, 0) is 21.7 Å². The van der Waals surface area contributed by atoms with Crippen molar-refractivity contribution in [2.75, 3.05) is 0 Å². The van der Waals surface area contributed by atoms with Crippen LogP contribution >= 0.6 is 0 Å². The van der Waals surface area contributed by atoms with Crippen LogP contribution in [0.1, 0.15) is 105 Å². The number of hydrogen-bond acceptors (Lipinski definition) is 4. The summed E-state index contributed by atoms with van der Waals surface area (Å²) in [6, 6.07) is 17.1. The summed E-state index contributed by atoms with van der Waals surface area (Å²) in [7, 11) is 0. The lowest BCUT2D eigenvalue weighted by Crippen LogP contribution is -2.16. The maximum atomic E-state index is 6.42. The molecule has 0 aliphatic heterocycles. The minimum atomic E-state index is -0.0636. The zero-order valence-electron chi connectivity index (χ0n) is 26.3. The van der Waals surface area contributed by atoms with Gasteiger partial charge in [0, 0.05) is 22.3 Å². The van der Waals surface area contributed by atoms with Crippen molar-refractivity contribution in [3.63, 3.8) is 0 Å². The smallest absolute Gasteiger partial charge is 0.227 e. The highest BCUT2D eigenvalue weighted by Crippen LogP contribution is 2.39. The fourth-order valence-electron chi connectivity index (χ4n) is 5.05. The Hall–Kier alpha value is -3.40. The van der Waals surface area contributed by atoms with Gasteiger partial charge < -0.3 is 8.83 Å². The van der Waals surface area contributed by atoms with Crippen molar-refractivity contribution in [3.8, 4) is 22.9 Å². The molecule has 5 aromatic rings. The predicted molar refractivity (Wildman–Crippen MR) is 167 cm³/mol. The molecule has 0 saturated carbocycles. The molecule has 0 N–H and O–H groups in total. The Morgan fingerprint density at radius 1 is 0.450 bits per heavy atom. The second-order valence-corrected chi connectivity index (χ2v) is 15.4. The van der Waals surface area contributed by atoms with Gasteiger partial charge in [-0.15, -0.1) is 0 Å². The molecule has 0 bridgehead atoms. The van der Waals surface area contributed by atoms with Crippen LogP contribution in [0.3, 0.4) is 0 Å². The van der Waals surface area contributed by atoms with Crippen LogP contribution in [-0.4, -0.2) is 9.97 Å². The maximum Gasteiger partial charge on any atom is 0.227 e. The van der Waals surface area contributed by atoms with Crippen LogP contribution in [0.5, 0.6) is 0 Å². The monoisotopic (exact) mass is 536 g/mol. The summed E-state index contributed by atoms with van der Waals surface area (Å²) < 4.78 is 12.8. The third-order valence-electron chi connectivity index (χ3n) is 7.71. The van der Waals surface area contributed by atoms with E-state index in [-0.39, 0.29) is 21.7 Å². The van der Waals surface area contributed by atoms with Crippen molar-refractivity contribution in [1.82, 2.24) is 9.97 Å². The molecule has 0 spiro atoms. The van der Waals surface area contributed by atoms with E-state index in [0.717, 1.165) is 33.3 Å². The van der Waals surface area contributed by atoms with Crippen molar-refractivity contribution < 1.29 is 8.83 Å². The molecule has 2 aromatic heterocycles. The molecule has 5 rings (SSSR count). The Labute approximate surface area is 239 Å². The molecule has 4 heteroatoms. The first-order chi connectivity index (χ1) is 18.3. The molecule has 210 valence electrons. The van der Waals surface area contributed by atoms with E-state index in [1.165, 1.54) is 22.3 Å². The summed E-state index contributed by atoms with van der Waals surface area (Å²) in [6.45, 7) is 26.8. The van der Waals surface area contributed by atoms with Crippen molar-refractivity contribution in [1.29, 1.82) is 0 Å². The number of hydrogen-bond donors (Lipinski definition) is 0. The highest BCUT2D eigenvalue weighted by atomic mass is 16.4. The largest absolute Gasteiger partial charge is 0.436 e. The van der Waals surface area contributed by atoms with Crippen LogP contribution < -0.4 is 0 Å². The summed E-state index contributed by atoms with van der Waals surface area (Å²) in [5, 5.41) is 0. The standard InChI is InChI=1S/C36H44N2O2/c1-33(2,3)23-17-25(35(7,8)9)29-27(19-23)37-31(39-29)21-13-15-22(16-14-21)32-38-28-20-24(34(4,5)6)18-26(30(28)40-32)36(10,11)12/h13-20H,1-12H3. The highest BCUT2D eigenvalue weighted by Gasteiger charge is 2.27. The van der Waals surface area contributed by atoms with Gasteiger partial charge in [-0.3, -0.25) is 0 Å². The first kappa shape index (κ1) is 28.1. The van der Waals surface area contributed by atoms with E-state index < -0.39 is 0 Å². The van der Waals surface area contributed by atoms with Crippen LogP contribution in [0.15, 0.2) is 57.4 Å². The predicted octanol–water partition coefficient (Wildman–Crippen LogP) is 10.5. The van der Waals surface area contributed by atoms with Crippen molar-refractivity contribution in [3.05, 3.63) is 70.8 Å². The van der Waals surface area contributed by atoms with E-state index in [0.29, 0.717) is 11.8 Å². The lowest BCUT2D eigenvalue weighted by atomic mass is 9.80. The van der Waals surface area contributed by atoms with Gasteiger partial charge in [0.1, 0.15) is 11.0 Å². The van der Waals surface area contributed by atoms with Crippen LogP contribution in [0.4, 0.5) is 0 Å². The molecular formula is C36H44N2O2. The second kappa shape index (κ2) is 9.06. The summed E-state index contributed by atoms with van der Waals surface area (Å²) in [5.74, 6) is 1.25. The molecule has 0 fully saturated rings. The summed E-state index contributed by atoms with van der Waals surface area (Å²) in [6.07, 6.45) is 0. The SMILES string of the molecule is CC(C)(C)c1cc(C(C)(C)C)c2oc(-c3ccc(-c4nc5cc(C(C)(C)C)cc(C(C)(C)C)c5o4)cc3)nc2c1. The van der Waals surface area contributed by atoms with Crippen molar-refractivity contribution >= 4 is 22.2 Å². The Morgan fingerprint density at radius 3 is 1.05 bits per heavy atom. The summed E-state index contributed by atoms with van der Waals surface area (Å²) >= 11 is 0. The first-order valence-electron chi connectivity index (χ1n) is 14.3. The first-order valence-corrected chi connectivity index (χ1v) is 14.3. The van der Waals surface area contributed by atoms with Gasteiger partial charge in [-0.2, -0.15) is 0 Å². The van der Waals surface area contributed by atoms with Gasteiger partial charge in [-0.1, -0.05) is 95.2 Å². The maximum absolute atomic E-state index is 6.42. The third-order valence-corrected chi connectivity index (χ3v) is 7.71. The van der Waals surface area contributed by atoms with Gasteiger partial charge >= 0.3 is 0 Å². The van der Waals surface area contributed by atoms with E-state index in [4.69, 9.17) is 18.8 Å². The number of oxazole rings is 2. The third kappa shape index (κ3) is 5.21. The topological polar surface area (TPSA) is 52.1 Å². The van der Waals surface area contributed by atoms with E-state index in [9.17, 15) is 0 Å². The zero-order valence-corrected chi connectivity index (χ0v) is 26.3. The van der Waals surface area contributed by atoms with E-state index in [2.05, 4.69) is 107 Å². The van der Waals surface area contributed by atoms with E-state index in [1.54, 1.807) is 0 Å². The molecule has 0 unspecified atom stereocenters. The van der Waals surface area contributed by atoms with Gasteiger partial charge in [-0.25, -0.2) is 9.97 Å². The van der Waals surface area contributed by atoms with Gasteiger partial charge in [0.25, 0.3) is 0 Å². The quantitative estimate of drug-likeness (QED) is 0.225. The zero-order chi connectivity index (χ0) is 29.4. The number of nitrogens with zero attached hydrogens (tertiary/aromatic N) is 2. The molecule has 2 heterocycles. The van der Waals surface area contributed by atoms with E-state index >= 15 is 0 Å². The average molecular weight is 537 g/mol. The number of benzene rings is 3. The molecule has 0 saturated heterocycles. The van der Waals surface area contributed by atoms with Gasteiger partial charge in [0.15, 0.2) is 11.2 Å². The number of aromatic nitrogens is 2. The molecule has 0 atom stereocenters. The molecule has 0 amide bonds. The highest BCUT2D eigenvalue weighted by molar-refractivity contribution is 5.83. The van der Waals surface area contributed by atoms with Crippen LogP contribution in [0.25, 0.3) is 45.1 Å². The average Bonchev–Trinajstić information content (AvgIpc) is 3.44. The lowest BCUT2D eigenvalue weighted by molar-refractivity contribution is 0.551. The Bertz CT molecular complexity index is 1580. The van der Waals surface area contributed by atoms with Crippen LogP contribution in [0, 0.1) is 0 Å². The van der Waals surface area contributed by atoms with Gasteiger partial charge in [-0.05, 0) is 69.2 Å². The van der Waals surface area contributed by atoms with Gasteiger partial charge in [0.2, 0.25) is 11.8 Å². The molecule has 40 heavy (non-hydrogen) atoms. The minimum Gasteiger partial charge on any atom is -0.436 e. The molecule has 3 aromatic carbocycles. The van der Waals surface area contributed by atoms with Crippen LogP contribution in [0.2, 0.25) is 0 Å². The second-order valence-electron chi connectivity index (χ2n) is 15.4. The van der Waals surface area contributed by atoms with Gasteiger partial charge in [0.05, 0.1) is 0 Å². The molecule has 4 nitrogen and oxygen atoms in total. The normalized spacial score (nSPS) is 13.5. The van der Waals surface area contributed by atoms with Crippen molar-refractivity contribution in [2.45, 2.75) is 105 Å². The molecular weight excluding hydrogens is 492 g/mol. The fraction of sp³-hybridized carbons (Fsp3) is 0.444. The van der Waals surface area contributed by atoms with E-state index in [1.807, 2.05) is 24.3 Å². The summed E-state index contributed by atoms with van der Waals surface area (Å²) in [5.41, 5.74) is 10.2. The molecule has 0 aliphatic rings. The Kier molecular flexibility index (Phi) is 6.37. The summed E-state index contributed by atoms with van der Waals surface area (Å²) in [4.78, 5) is 9.87. The molecule has 0 radical (unpaired) electrons. The molecule has 0 aliphatic carbocycles. The van der Waals surface area contributed by atoms with Crippen molar-refractivity contribution in [2.24, 2.45) is 0 Å². The number of rotatable bonds is 2. The minimum absolute atomic E-state index is 0.0229. The Balaban J connectivity index is 1.57. The lowest BCUT2D eigenvalue weighted by Gasteiger charge is -2.24. The Morgan fingerprint density at radius 2 is 0.775 bits per heavy atom. The number of fused-ring (bicyclic) bond motifs is 2. The fourth-order valence-corrected chi connectivity index (χ4v) is 5.05.